The summed E-state index contributed by atoms with van der Waals surface area (Å²) in [6.07, 6.45) is 0.896. The highest BCUT2D eigenvalue weighted by Crippen LogP contribution is 2.42. The normalized spacial score (nSPS) is 16.7. The van der Waals surface area contributed by atoms with E-state index in [2.05, 4.69) is 4.72 Å². The molecule has 36 heavy (non-hydrogen) atoms. The number of hydrogen-bond donors (Lipinski definition) is 1. The van der Waals surface area contributed by atoms with Crippen molar-refractivity contribution in [2.24, 2.45) is 0 Å². The highest BCUT2D eigenvalue weighted by molar-refractivity contribution is 7.89. The number of nitrogens with zero attached hydrogens (tertiary/aromatic N) is 1. The van der Waals surface area contributed by atoms with Crippen molar-refractivity contribution in [3.8, 4) is 0 Å². The van der Waals surface area contributed by atoms with Crippen LogP contribution in [0.2, 0.25) is 0 Å². The van der Waals surface area contributed by atoms with Crippen molar-refractivity contribution in [1.29, 1.82) is 0 Å². The molecule has 3 aromatic carbocycles. The number of sulfonamides is 1. The summed E-state index contributed by atoms with van der Waals surface area (Å²) in [5, 5.41) is 0. The average molecular weight is 507 g/mol. The van der Waals surface area contributed by atoms with Gasteiger partial charge in [-0.2, -0.15) is 4.72 Å². The zero-order valence-corrected chi connectivity index (χ0v) is 22.1. The monoisotopic (exact) mass is 506 g/mol. The second-order valence-electron chi connectivity index (χ2n) is 10.3. The molecule has 4 rings (SSSR count). The molecule has 1 fully saturated rings. The van der Waals surface area contributed by atoms with Crippen molar-refractivity contribution in [2.45, 2.75) is 62.6 Å². The van der Waals surface area contributed by atoms with Crippen LogP contribution in [0.4, 0.5) is 4.79 Å². The van der Waals surface area contributed by atoms with E-state index in [1.54, 1.807) is 29.2 Å². The summed E-state index contributed by atoms with van der Waals surface area (Å²) < 4.78 is 36.7. The Balaban J connectivity index is 1.92. The maximum Gasteiger partial charge on any atom is 0.410 e. The van der Waals surface area contributed by atoms with Gasteiger partial charge in [-0.25, -0.2) is 13.2 Å². The van der Waals surface area contributed by atoms with Gasteiger partial charge in [0.15, 0.2) is 0 Å². The topological polar surface area (TPSA) is 75.7 Å². The van der Waals surface area contributed by atoms with Gasteiger partial charge in [0.1, 0.15) is 11.1 Å². The van der Waals surface area contributed by atoms with Crippen molar-refractivity contribution >= 4 is 16.1 Å². The van der Waals surface area contributed by atoms with Gasteiger partial charge in [0.2, 0.25) is 10.0 Å². The molecular weight excluding hydrogens is 472 g/mol. The minimum atomic E-state index is -3.98. The molecule has 3 aromatic rings. The third-order valence-corrected chi connectivity index (χ3v) is 7.95. The van der Waals surface area contributed by atoms with E-state index >= 15 is 0 Å². The minimum Gasteiger partial charge on any atom is -0.444 e. The Hall–Kier alpha value is -3.16. The molecule has 0 aromatic heterocycles. The first kappa shape index (κ1) is 25.9. The molecule has 1 amide bonds. The standard InChI is InChI=1S/C29H34N2O4S/c1-22-17-19-25(20-18-22)36(33,34)30-29(23-12-7-5-8-13-23,24-14-9-6-10-15-24)26-16-11-21-31(26)27(32)35-28(2,3)4/h5-10,12-15,17-20,26,30H,11,16,21H2,1-4H3/t26-/m0/s1. The van der Waals surface area contributed by atoms with E-state index < -0.39 is 33.3 Å². The molecule has 7 heteroatoms. The summed E-state index contributed by atoms with van der Waals surface area (Å²) in [5.41, 5.74) is 0.575. The van der Waals surface area contributed by atoms with E-state index in [4.69, 9.17) is 4.74 Å². The van der Waals surface area contributed by atoms with Crippen molar-refractivity contribution < 1.29 is 17.9 Å². The van der Waals surface area contributed by atoms with Crippen LogP contribution in [0.15, 0.2) is 89.8 Å². The number of amides is 1. The highest BCUT2D eigenvalue weighted by Gasteiger charge is 2.51. The maximum atomic E-state index is 13.9. The van der Waals surface area contributed by atoms with Crippen LogP contribution in [-0.2, 0) is 20.3 Å². The van der Waals surface area contributed by atoms with Crippen molar-refractivity contribution in [3.05, 3.63) is 102 Å². The average Bonchev–Trinajstić information content (AvgIpc) is 3.34. The van der Waals surface area contributed by atoms with Gasteiger partial charge < -0.3 is 9.64 Å². The summed E-state index contributed by atoms with van der Waals surface area (Å²) in [7, 11) is -3.98. The summed E-state index contributed by atoms with van der Waals surface area (Å²) in [5.74, 6) is 0. The van der Waals surface area contributed by atoms with E-state index in [-0.39, 0.29) is 4.90 Å². The smallest absolute Gasteiger partial charge is 0.410 e. The number of nitrogens with one attached hydrogen (secondary N) is 1. The Kier molecular flexibility index (Phi) is 7.25. The predicted molar refractivity (Wildman–Crippen MR) is 141 cm³/mol. The van der Waals surface area contributed by atoms with Gasteiger partial charge in [-0.15, -0.1) is 0 Å². The Morgan fingerprint density at radius 1 is 0.889 bits per heavy atom. The molecule has 1 atom stereocenters. The molecule has 0 bridgehead atoms. The molecule has 0 aliphatic carbocycles. The van der Waals surface area contributed by atoms with Crippen molar-refractivity contribution in [2.75, 3.05) is 6.54 Å². The molecular formula is C29H34N2O4S. The van der Waals surface area contributed by atoms with Crippen LogP contribution in [0.5, 0.6) is 0 Å². The number of aryl methyl sites for hydroxylation is 1. The van der Waals surface area contributed by atoms with Crippen molar-refractivity contribution in [1.82, 2.24) is 9.62 Å². The van der Waals surface area contributed by atoms with Gasteiger partial charge in [-0.1, -0.05) is 78.4 Å². The lowest BCUT2D eigenvalue weighted by atomic mass is 9.76. The van der Waals surface area contributed by atoms with E-state index in [0.717, 1.165) is 23.1 Å². The van der Waals surface area contributed by atoms with E-state index in [1.807, 2.05) is 88.4 Å². The van der Waals surface area contributed by atoms with Crippen molar-refractivity contribution in [3.63, 3.8) is 0 Å². The summed E-state index contributed by atoms with van der Waals surface area (Å²) in [4.78, 5) is 15.2. The van der Waals surface area contributed by atoms with Gasteiger partial charge in [0.05, 0.1) is 10.9 Å². The van der Waals surface area contributed by atoms with Crippen LogP contribution in [0.3, 0.4) is 0 Å². The number of likely N-dealkylation sites (tertiary alicyclic amines) is 1. The van der Waals surface area contributed by atoms with E-state index in [1.165, 1.54) is 0 Å². The number of hydrogen-bond acceptors (Lipinski definition) is 4. The Bertz CT molecular complexity index is 1250. The third kappa shape index (κ3) is 5.32. The first-order valence-corrected chi connectivity index (χ1v) is 13.7. The van der Waals surface area contributed by atoms with Crippen LogP contribution >= 0.6 is 0 Å². The molecule has 0 saturated carbocycles. The first-order chi connectivity index (χ1) is 17.0. The van der Waals surface area contributed by atoms with Crippen LogP contribution in [0.25, 0.3) is 0 Å². The largest absolute Gasteiger partial charge is 0.444 e. The minimum absolute atomic E-state index is 0.172. The Morgan fingerprint density at radius 3 is 1.92 bits per heavy atom. The molecule has 1 heterocycles. The fraction of sp³-hybridized carbons (Fsp3) is 0.345. The quantitative estimate of drug-likeness (QED) is 0.471. The first-order valence-electron chi connectivity index (χ1n) is 12.2. The molecule has 6 nitrogen and oxygen atoms in total. The van der Waals surface area contributed by atoms with Gasteiger partial charge in [-0.3, -0.25) is 0 Å². The number of carbonyl (C=O) groups excluding carboxylic acids is 1. The number of ether oxygens (including phenoxy) is 1. The molecule has 1 aliphatic heterocycles. The van der Waals surface area contributed by atoms with E-state index in [9.17, 15) is 13.2 Å². The van der Waals surface area contributed by atoms with Crippen LogP contribution in [0.1, 0.15) is 50.3 Å². The number of carbonyl (C=O) groups is 1. The number of benzene rings is 3. The number of rotatable bonds is 6. The van der Waals surface area contributed by atoms with Gasteiger partial charge in [0.25, 0.3) is 0 Å². The van der Waals surface area contributed by atoms with E-state index in [0.29, 0.717) is 13.0 Å². The molecule has 1 aliphatic rings. The highest BCUT2D eigenvalue weighted by atomic mass is 32.2. The second kappa shape index (κ2) is 10.1. The molecule has 1 saturated heterocycles. The molecule has 0 spiro atoms. The Morgan fingerprint density at radius 2 is 1.42 bits per heavy atom. The van der Waals surface area contributed by atoms with Crippen LogP contribution < -0.4 is 4.72 Å². The van der Waals surface area contributed by atoms with Crippen LogP contribution in [-0.4, -0.2) is 37.6 Å². The fourth-order valence-corrected chi connectivity index (χ4v) is 6.29. The lowest BCUT2D eigenvalue weighted by molar-refractivity contribution is 0.0163. The Labute approximate surface area is 214 Å². The molecule has 0 radical (unpaired) electrons. The predicted octanol–water partition coefficient (Wildman–Crippen LogP) is 5.62. The van der Waals surface area contributed by atoms with Gasteiger partial charge >= 0.3 is 6.09 Å². The van der Waals surface area contributed by atoms with Gasteiger partial charge in [0, 0.05) is 6.54 Å². The molecule has 190 valence electrons. The lowest BCUT2D eigenvalue weighted by Gasteiger charge is -2.44. The molecule has 0 unspecified atom stereocenters. The maximum absolute atomic E-state index is 13.9. The fourth-order valence-electron chi connectivity index (χ4n) is 4.88. The molecule has 1 N–H and O–H groups in total. The summed E-state index contributed by atoms with van der Waals surface area (Å²) in [6, 6.07) is 25.3. The zero-order valence-electron chi connectivity index (χ0n) is 21.3. The lowest BCUT2D eigenvalue weighted by Crippen LogP contribution is -2.60. The SMILES string of the molecule is Cc1ccc(S(=O)(=O)NC(c2ccccc2)(c2ccccc2)[C@@H]2CCCN2C(=O)OC(C)(C)C)cc1. The van der Waals surface area contributed by atoms with Gasteiger partial charge in [-0.05, 0) is 63.8 Å². The van der Waals surface area contributed by atoms with Crippen LogP contribution in [0, 0.1) is 6.92 Å². The summed E-state index contributed by atoms with van der Waals surface area (Å²) in [6.45, 7) is 7.89. The second-order valence-corrected chi connectivity index (χ2v) is 12.0. The zero-order chi connectivity index (χ0) is 26.0. The summed E-state index contributed by atoms with van der Waals surface area (Å²) >= 11 is 0. The third-order valence-electron chi connectivity index (χ3n) is 6.47.